The minimum atomic E-state index is -3.64. The van der Waals surface area contributed by atoms with E-state index in [1.807, 2.05) is 0 Å². The van der Waals surface area contributed by atoms with Crippen molar-refractivity contribution in [2.24, 2.45) is 0 Å². The fraction of sp³-hybridized carbons (Fsp3) is 0.300. The van der Waals surface area contributed by atoms with Gasteiger partial charge in [0.05, 0.1) is 10.5 Å². The zero-order valence-corrected chi connectivity index (χ0v) is 10.1. The van der Waals surface area contributed by atoms with E-state index in [9.17, 15) is 13.2 Å². The molecule has 6 nitrogen and oxygen atoms in total. The van der Waals surface area contributed by atoms with Gasteiger partial charge in [-0.1, -0.05) is 6.07 Å². The molecule has 0 saturated heterocycles. The van der Waals surface area contributed by atoms with Gasteiger partial charge in [-0.3, -0.25) is 0 Å². The number of hydrogen-bond acceptors (Lipinski definition) is 4. The molecule has 0 atom stereocenters. The molecule has 17 heavy (non-hydrogen) atoms. The Bertz CT molecular complexity index is 499. The van der Waals surface area contributed by atoms with Gasteiger partial charge in [0, 0.05) is 13.1 Å². The maximum Gasteiger partial charge on any atom is 0.335 e. The number of benzene rings is 1. The van der Waals surface area contributed by atoms with E-state index in [4.69, 9.17) is 5.11 Å². The molecule has 0 aliphatic rings. The Hall–Kier alpha value is -1.44. The topological polar surface area (TPSA) is 95.5 Å². The standard InChI is InChI=1S/C10H14N2O4S/c1-11-5-6-12-17(15,16)9-4-2-3-8(7-9)10(13)14/h2-4,7,11-12H,5-6H2,1H3,(H,13,14). The summed E-state index contributed by atoms with van der Waals surface area (Å²) >= 11 is 0. The first kappa shape index (κ1) is 13.6. The average Bonchev–Trinajstić information content (AvgIpc) is 2.29. The number of rotatable bonds is 6. The monoisotopic (exact) mass is 258 g/mol. The van der Waals surface area contributed by atoms with Crippen LogP contribution in [0.1, 0.15) is 10.4 Å². The number of carboxylic acids is 1. The third-order valence-electron chi connectivity index (χ3n) is 2.06. The first-order chi connectivity index (χ1) is 7.97. The average molecular weight is 258 g/mol. The Kier molecular flexibility index (Phi) is 4.62. The maximum atomic E-state index is 11.7. The van der Waals surface area contributed by atoms with Gasteiger partial charge in [0.15, 0.2) is 0 Å². The molecule has 0 spiro atoms. The van der Waals surface area contributed by atoms with E-state index in [1.165, 1.54) is 18.2 Å². The fourth-order valence-electron chi connectivity index (χ4n) is 1.19. The SMILES string of the molecule is CNCCNS(=O)(=O)c1cccc(C(=O)O)c1. The number of sulfonamides is 1. The number of carbonyl (C=O) groups is 1. The van der Waals surface area contributed by atoms with Crippen molar-refractivity contribution < 1.29 is 18.3 Å². The van der Waals surface area contributed by atoms with E-state index in [2.05, 4.69) is 10.0 Å². The molecule has 0 aliphatic carbocycles. The summed E-state index contributed by atoms with van der Waals surface area (Å²) in [6.07, 6.45) is 0. The van der Waals surface area contributed by atoms with E-state index in [1.54, 1.807) is 7.05 Å². The van der Waals surface area contributed by atoms with E-state index in [0.717, 1.165) is 6.07 Å². The molecular weight excluding hydrogens is 244 g/mol. The van der Waals surface area contributed by atoms with Crippen molar-refractivity contribution in [3.05, 3.63) is 29.8 Å². The molecule has 7 heteroatoms. The summed E-state index contributed by atoms with van der Waals surface area (Å²) in [6.45, 7) is 0.744. The highest BCUT2D eigenvalue weighted by molar-refractivity contribution is 7.89. The predicted octanol–water partition coefficient (Wildman–Crippen LogP) is -0.117. The van der Waals surface area contributed by atoms with Crippen LogP contribution in [0.5, 0.6) is 0 Å². The highest BCUT2D eigenvalue weighted by Gasteiger charge is 2.14. The number of likely N-dealkylation sites (N-methyl/N-ethyl adjacent to an activating group) is 1. The third-order valence-corrected chi connectivity index (χ3v) is 3.52. The highest BCUT2D eigenvalue weighted by atomic mass is 32.2. The summed E-state index contributed by atoms with van der Waals surface area (Å²) in [5, 5.41) is 11.6. The Morgan fingerprint density at radius 2 is 2.06 bits per heavy atom. The fourth-order valence-corrected chi connectivity index (χ4v) is 2.27. The quantitative estimate of drug-likeness (QED) is 0.618. The molecule has 1 aromatic carbocycles. The first-order valence-corrected chi connectivity index (χ1v) is 6.43. The van der Waals surface area contributed by atoms with Crippen molar-refractivity contribution in [2.75, 3.05) is 20.1 Å². The predicted molar refractivity (Wildman–Crippen MR) is 62.5 cm³/mol. The molecule has 0 unspecified atom stereocenters. The molecule has 1 aromatic rings. The molecule has 0 heterocycles. The second-order valence-corrected chi connectivity index (χ2v) is 5.10. The summed E-state index contributed by atoms with van der Waals surface area (Å²) < 4.78 is 25.9. The second kappa shape index (κ2) is 5.76. The van der Waals surface area contributed by atoms with Crippen LogP contribution in [0.4, 0.5) is 0 Å². The molecule has 0 aliphatic heterocycles. The van der Waals surface area contributed by atoms with Crippen molar-refractivity contribution >= 4 is 16.0 Å². The smallest absolute Gasteiger partial charge is 0.335 e. The second-order valence-electron chi connectivity index (χ2n) is 3.33. The summed E-state index contributed by atoms with van der Waals surface area (Å²) in [5.74, 6) is -1.16. The molecule has 0 bridgehead atoms. The lowest BCUT2D eigenvalue weighted by atomic mass is 10.2. The van der Waals surface area contributed by atoms with Crippen LogP contribution < -0.4 is 10.0 Å². The lowest BCUT2D eigenvalue weighted by Crippen LogP contribution is -2.30. The number of carboxylic acid groups (broad SMARTS) is 1. The normalized spacial score (nSPS) is 11.4. The Morgan fingerprint density at radius 1 is 1.35 bits per heavy atom. The molecule has 0 aromatic heterocycles. The van der Waals surface area contributed by atoms with Crippen LogP contribution in [0.15, 0.2) is 29.2 Å². The summed E-state index contributed by atoms with van der Waals surface area (Å²) in [4.78, 5) is 10.7. The van der Waals surface area contributed by atoms with Crippen LogP contribution in [0.25, 0.3) is 0 Å². The minimum absolute atomic E-state index is 0.0477. The maximum absolute atomic E-state index is 11.7. The Labute approximate surface area is 99.7 Å². The molecule has 0 saturated carbocycles. The first-order valence-electron chi connectivity index (χ1n) is 4.95. The Balaban J connectivity index is 2.91. The van der Waals surface area contributed by atoms with Crippen molar-refractivity contribution in [1.29, 1.82) is 0 Å². The van der Waals surface area contributed by atoms with Gasteiger partial charge in [0.1, 0.15) is 0 Å². The third kappa shape index (κ3) is 3.81. The summed E-state index contributed by atoms with van der Waals surface area (Å²) in [7, 11) is -1.93. The summed E-state index contributed by atoms with van der Waals surface area (Å²) in [5.41, 5.74) is -0.0542. The van der Waals surface area contributed by atoms with Gasteiger partial charge in [0.2, 0.25) is 10.0 Å². The van der Waals surface area contributed by atoms with Crippen molar-refractivity contribution in [2.45, 2.75) is 4.90 Å². The minimum Gasteiger partial charge on any atom is -0.478 e. The molecule has 0 radical (unpaired) electrons. The lowest BCUT2D eigenvalue weighted by molar-refractivity contribution is 0.0696. The van der Waals surface area contributed by atoms with Crippen LogP contribution in [0, 0.1) is 0 Å². The molecule has 1 rings (SSSR count). The number of aromatic carboxylic acids is 1. The van der Waals surface area contributed by atoms with Crippen molar-refractivity contribution in [3.63, 3.8) is 0 Å². The number of nitrogens with one attached hydrogen (secondary N) is 2. The molecule has 0 fully saturated rings. The van der Waals surface area contributed by atoms with E-state index in [-0.39, 0.29) is 17.0 Å². The lowest BCUT2D eigenvalue weighted by Gasteiger charge is -2.06. The van der Waals surface area contributed by atoms with Crippen LogP contribution in [0.3, 0.4) is 0 Å². The van der Waals surface area contributed by atoms with Gasteiger partial charge >= 0.3 is 5.97 Å². The van der Waals surface area contributed by atoms with Crippen LogP contribution >= 0.6 is 0 Å². The molecular formula is C10H14N2O4S. The van der Waals surface area contributed by atoms with Crippen molar-refractivity contribution in [1.82, 2.24) is 10.0 Å². The zero-order valence-electron chi connectivity index (χ0n) is 9.30. The van der Waals surface area contributed by atoms with Gasteiger partial charge in [-0.05, 0) is 25.2 Å². The van der Waals surface area contributed by atoms with Gasteiger partial charge in [-0.25, -0.2) is 17.9 Å². The summed E-state index contributed by atoms with van der Waals surface area (Å²) in [6, 6.07) is 5.23. The van der Waals surface area contributed by atoms with Crippen LogP contribution in [0.2, 0.25) is 0 Å². The molecule has 94 valence electrons. The van der Waals surface area contributed by atoms with E-state index in [0.29, 0.717) is 6.54 Å². The van der Waals surface area contributed by atoms with E-state index < -0.39 is 16.0 Å². The zero-order chi connectivity index (χ0) is 12.9. The number of hydrogen-bond donors (Lipinski definition) is 3. The van der Waals surface area contributed by atoms with Crippen LogP contribution in [-0.4, -0.2) is 39.6 Å². The highest BCUT2D eigenvalue weighted by Crippen LogP contribution is 2.11. The van der Waals surface area contributed by atoms with Gasteiger partial charge in [-0.2, -0.15) is 0 Å². The van der Waals surface area contributed by atoms with Crippen molar-refractivity contribution in [3.8, 4) is 0 Å². The van der Waals surface area contributed by atoms with Gasteiger partial charge < -0.3 is 10.4 Å². The van der Waals surface area contributed by atoms with Gasteiger partial charge in [-0.15, -0.1) is 0 Å². The largest absolute Gasteiger partial charge is 0.478 e. The van der Waals surface area contributed by atoms with E-state index >= 15 is 0 Å². The molecule has 3 N–H and O–H groups in total. The van der Waals surface area contributed by atoms with Gasteiger partial charge in [0.25, 0.3) is 0 Å². The molecule has 0 amide bonds. The Morgan fingerprint density at radius 3 is 2.65 bits per heavy atom. The van der Waals surface area contributed by atoms with Crippen LogP contribution in [-0.2, 0) is 10.0 Å².